The minimum Gasteiger partial charge on any atom is -0.457 e. The molecular weight excluding hydrogens is 690 g/mol. The zero-order chi connectivity index (χ0) is 39.1. The van der Waals surface area contributed by atoms with Gasteiger partial charge in [0.15, 0.2) is 17.5 Å². The topological polar surface area (TPSA) is 65.0 Å². The smallest absolute Gasteiger partial charge is 0.164 e. The second kappa shape index (κ2) is 13.4. The molecule has 0 bridgehead atoms. The van der Waals surface area contributed by atoms with Crippen LogP contribution in [0.3, 0.4) is 0 Å². The average Bonchev–Trinajstić information content (AvgIpc) is 3.85. The van der Waals surface area contributed by atoms with Gasteiger partial charge in [-0.2, -0.15) is 0 Å². The molecule has 5 nitrogen and oxygen atoms in total. The summed E-state index contributed by atoms with van der Waals surface area (Å²) in [6.45, 7) is 0. The molecule has 0 unspecified atom stereocenters. The molecule has 3 aromatic heterocycles. The molecule has 7 aromatic carbocycles. The third-order valence-electron chi connectivity index (χ3n) is 12.3. The van der Waals surface area contributed by atoms with Crippen LogP contribution in [0.15, 0.2) is 130 Å². The van der Waals surface area contributed by atoms with Gasteiger partial charge in [0.25, 0.3) is 0 Å². The van der Waals surface area contributed by atoms with Crippen molar-refractivity contribution in [1.29, 1.82) is 0 Å². The summed E-state index contributed by atoms with van der Waals surface area (Å²) in [5.41, 5.74) is 19.6. The van der Waals surface area contributed by atoms with Crippen LogP contribution < -0.4 is 38.2 Å². The van der Waals surface area contributed by atoms with Gasteiger partial charge in [0.2, 0.25) is 0 Å². The predicted octanol–water partition coefficient (Wildman–Crippen LogP) is -0.186. The molecule has 0 aliphatic rings. The zero-order valence-corrected chi connectivity index (χ0v) is 33.2. The van der Waals surface area contributed by atoms with Crippen LogP contribution in [0.5, 0.6) is 0 Å². The molecule has 0 saturated heterocycles. The third-order valence-corrected chi connectivity index (χ3v) is 12.3. The number of nitrogens with zero attached hydrogens (tertiary/aromatic N) is 3. The molecule has 12 heteroatoms. The Morgan fingerprint density at radius 1 is 0.351 bits per heavy atom. The summed E-state index contributed by atoms with van der Waals surface area (Å²) < 4.78 is 13.0. The van der Waals surface area contributed by atoms with Gasteiger partial charge in [0.05, 0.1) is 0 Å². The number of para-hydroxylation sites is 1. The molecule has 10 rings (SSSR count). The molecule has 57 heavy (non-hydrogen) atoms. The summed E-state index contributed by atoms with van der Waals surface area (Å²) in [5, 5.41) is 4.43. The van der Waals surface area contributed by atoms with Crippen molar-refractivity contribution in [3.05, 3.63) is 121 Å². The predicted molar refractivity (Wildman–Crippen MR) is 259 cm³/mol. The van der Waals surface area contributed by atoms with Gasteiger partial charge in [-0.15, -0.1) is 5.46 Å². The van der Waals surface area contributed by atoms with Gasteiger partial charge in [0.1, 0.15) is 77.3 Å². The fraction of sp³-hybridized carbons (Fsp3) is 0. The van der Waals surface area contributed by atoms with Crippen molar-refractivity contribution >= 4 is 137 Å². The van der Waals surface area contributed by atoms with E-state index >= 15 is 0 Å². The van der Waals surface area contributed by atoms with E-state index in [1.54, 1.807) is 0 Å². The van der Waals surface area contributed by atoms with E-state index < -0.39 is 0 Å². The number of benzene rings is 7. The highest BCUT2D eigenvalue weighted by atomic mass is 16.3. The Morgan fingerprint density at radius 2 is 0.895 bits per heavy atom. The molecule has 0 aliphatic carbocycles. The monoisotopic (exact) mass is 725 g/mol. The first-order chi connectivity index (χ1) is 27.7. The second-order valence-corrected chi connectivity index (χ2v) is 15.4. The van der Waals surface area contributed by atoms with Crippen LogP contribution in [-0.2, 0) is 0 Å². The first kappa shape index (κ1) is 35.0. The number of hydrogen-bond acceptors (Lipinski definition) is 5. The van der Waals surface area contributed by atoms with Crippen molar-refractivity contribution in [3.63, 3.8) is 0 Å². The Labute approximate surface area is 337 Å². The average molecular weight is 724 g/mol. The standard InChI is InChI=1S/C45H34B7N3O2/c46-34-30(35(47)39(51)41-32(34)33-36(48)37(49)38(50)40(52)42(33)57-41)24-10-6-11-25(20-24)44-53-43(23-18-16-22(17-19-23)21-8-2-1-3-9-21)54-45(55-44)27-13-7-15-29-31(27)26-12-4-5-14-28(26)56-29/h1-20H,46-52H2. The Bertz CT molecular complexity index is 3270. The van der Waals surface area contributed by atoms with Gasteiger partial charge in [0, 0.05) is 38.2 Å². The summed E-state index contributed by atoms with van der Waals surface area (Å²) in [4.78, 5) is 15.6. The largest absolute Gasteiger partial charge is 0.457 e. The summed E-state index contributed by atoms with van der Waals surface area (Å²) in [7, 11) is 15.5. The van der Waals surface area contributed by atoms with E-state index in [9.17, 15) is 0 Å². The lowest BCUT2D eigenvalue weighted by Crippen LogP contribution is -2.47. The van der Waals surface area contributed by atoms with Crippen molar-refractivity contribution in [2.45, 2.75) is 0 Å². The quantitative estimate of drug-likeness (QED) is 0.231. The van der Waals surface area contributed by atoms with Crippen LogP contribution in [0, 0.1) is 0 Å². The molecule has 0 spiro atoms. The zero-order valence-electron chi connectivity index (χ0n) is 33.2. The molecule has 3 heterocycles. The van der Waals surface area contributed by atoms with E-state index in [2.05, 4.69) is 140 Å². The Morgan fingerprint density at radius 3 is 1.67 bits per heavy atom. The van der Waals surface area contributed by atoms with Gasteiger partial charge < -0.3 is 8.83 Å². The molecule has 10 aromatic rings. The highest BCUT2D eigenvalue weighted by Crippen LogP contribution is 2.37. The van der Waals surface area contributed by atoms with Gasteiger partial charge in [-0.25, -0.2) is 15.0 Å². The van der Waals surface area contributed by atoms with E-state index in [1.165, 1.54) is 49.1 Å². The van der Waals surface area contributed by atoms with Crippen molar-refractivity contribution in [3.8, 4) is 56.4 Å². The highest BCUT2D eigenvalue weighted by molar-refractivity contribution is 6.69. The number of hydrogen-bond donors (Lipinski definition) is 0. The molecule has 0 amide bonds. The minimum absolute atomic E-state index is 0.593. The van der Waals surface area contributed by atoms with Crippen molar-refractivity contribution in [2.75, 3.05) is 0 Å². The van der Waals surface area contributed by atoms with Crippen molar-refractivity contribution in [2.24, 2.45) is 0 Å². The van der Waals surface area contributed by atoms with Crippen molar-refractivity contribution < 1.29 is 8.83 Å². The van der Waals surface area contributed by atoms with Crippen LogP contribution >= 0.6 is 0 Å². The van der Waals surface area contributed by atoms with E-state index in [-0.39, 0.29) is 0 Å². The van der Waals surface area contributed by atoms with E-state index in [0.717, 1.165) is 71.9 Å². The Kier molecular flexibility index (Phi) is 8.22. The summed E-state index contributed by atoms with van der Waals surface area (Å²) in [6, 6.07) is 41.7. The number of rotatable bonds is 5. The summed E-state index contributed by atoms with van der Waals surface area (Å²) in [5.74, 6) is 1.81. The van der Waals surface area contributed by atoms with E-state index in [1.807, 2.05) is 36.4 Å². The Hall–Kier alpha value is -6.40. The van der Waals surface area contributed by atoms with Gasteiger partial charge >= 0.3 is 0 Å². The lowest BCUT2D eigenvalue weighted by molar-refractivity contribution is 0.669. The molecule has 0 atom stereocenters. The first-order valence-electron chi connectivity index (χ1n) is 19.5. The maximum atomic E-state index is 6.74. The molecule has 0 aliphatic heterocycles. The van der Waals surface area contributed by atoms with Crippen LogP contribution in [0.4, 0.5) is 0 Å². The van der Waals surface area contributed by atoms with E-state index in [0.29, 0.717) is 17.5 Å². The van der Waals surface area contributed by atoms with Gasteiger partial charge in [-0.3, -0.25) is 0 Å². The maximum Gasteiger partial charge on any atom is 0.164 e. The van der Waals surface area contributed by atoms with Crippen LogP contribution in [0.1, 0.15) is 0 Å². The van der Waals surface area contributed by atoms with Gasteiger partial charge in [-0.05, 0) is 40.5 Å². The molecule has 0 N–H and O–H groups in total. The minimum atomic E-state index is 0.593. The molecular formula is C45H34B7N3O2. The number of fused-ring (bicyclic) bond motifs is 6. The number of aromatic nitrogens is 3. The van der Waals surface area contributed by atoms with Crippen molar-refractivity contribution in [1.82, 2.24) is 15.0 Å². The maximum absolute atomic E-state index is 6.74. The van der Waals surface area contributed by atoms with Crippen LogP contribution in [0.25, 0.3) is 100 Å². The lowest BCUT2D eigenvalue weighted by atomic mass is 9.64. The molecule has 0 fully saturated rings. The fourth-order valence-electron chi connectivity index (χ4n) is 8.76. The van der Waals surface area contributed by atoms with E-state index in [4.69, 9.17) is 23.8 Å². The first-order valence-corrected chi connectivity index (χ1v) is 19.5. The lowest BCUT2D eigenvalue weighted by Gasteiger charge is -2.17. The normalized spacial score (nSPS) is 11.6. The molecule has 0 saturated carbocycles. The van der Waals surface area contributed by atoms with Crippen LogP contribution in [-0.4, -0.2) is 69.9 Å². The van der Waals surface area contributed by atoms with Gasteiger partial charge in [-0.1, -0.05) is 136 Å². The Balaban J connectivity index is 1.18. The highest BCUT2D eigenvalue weighted by Gasteiger charge is 2.23. The second-order valence-electron chi connectivity index (χ2n) is 15.4. The molecule has 262 valence electrons. The molecule has 0 radical (unpaired) electrons. The number of furan rings is 2. The summed E-state index contributed by atoms with van der Waals surface area (Å²) >= 11 is 0. The van der Waals surface area contributed by atoms with Crippen LogP contribution in [0.2, 0.25) is 0 Å². The SMILES string of the molecule is Bc1c(B)c(B)c2c(oc3c(B)c(B)c(-c4cccc(-c5nc(-c6ccc(-c7ccccc7)cc6)nc(-c6cccc7oc8ccccc8c67)n5)c4)c(B)c32)c1B. The summed E-state index contributed by atoms with van der Waals surface area (Å²) in [6.07, 6.45) is 0. The fourth-order valence-corrected chi connectivity index (χ4v) is 8.76. The third kappa shape index (κ3) is 5.53.